The summed E-state index contributed by atoms with van der Waals surface area (Å²) in [4.78, 5) is 39.8. The Kier molecular flexibility index (Phi) is 5.11. The molecule has 2 fully saturated rings. The number of piperazine rings is 1. The van der Waals surface area contributed by atoms with Crippen LogP contribution in [0.4, 0.5) is 8.78 Å². The number of fused-ring (bicyclic) bond motifs is 1. The summed E-state index contributed by atoms with van der Waals surface area (Å²) >= 11 is 0. The smallest absolute Gasteiger partial charge is 0.255 e. The highest BCUT2D eigenvalue weighted by molar-refractivity contribution is 6.05. The number of hydrogen-bond acceptors (Lipinski definition) is 5. The van der Waals surface area contributed by atoms with Crippen molar-refractivity contribution in [2.75, 3.05) is 19.6 Å². The molecule has 4 rings (SSSR count). The summed E-state index contributed by atoms with van der Waals surface area (Å²) in [5.41, 5.74) is 1.99. The van der Waals surface area contributed by atoms with Crippen molar-refractivity contribution >= 4 is 17.7 Å². The average Bonchev–Trinajstić information content (AvgIpc) is 2.99. The van der Waals surface area contributed by atoms with Crippen LogP contribution in [-0.4, -0.2) is 65.7 Å². The maximum absolute atomic E-state index is 13.4. The molecule has 9 heteroatoms. The zero-order valence-corrected chi connectivity index (χ0v) is 15.3. The van der Waals surface area contributed by atoms with Crippen molar-refractivity contribution in [1.82, 2.24) is 20.4 Å². The molecule has 3 heterocycles. The van der Waals surface area contributed by atoms with Gasteiger partial charge in [-0.1, -0.05) is 18.2 Å². The SMILES string of the molecule is O=C1CCC(N2Cc3cccc(CN4CCNCC4C(F)F)c3C2=O)C(=O)N1. The number of rotatable bonds is 4. The summed E-state index contributed by atoms with van der Waals surface area (Å²) in [7, 11) is 0. The number of carbonyl (C=O) groups excluding carboxylic acids is 3. The summed E-state index contributed by atoms with van der Waals surface area (Å²) < 4.78 is 26.7. The first-order chi connectivity index (χ1) is 13.5. The van der Waals surface area contributed by atoms with Gasteiger partial charge in [0.05, 0.1) is 6.04 Å². The molecule has 0 aromatic heterocycles. The Morgan fingerprint density at radius 1 is 1.21 bits per heavy atom. The van der Waals surface area contributed by atoms with Gasteiger partial charge in [-0.2, -0.15) is 0 Å². The third kappa shape index (κ3) is 3.40. The first-order valence-electron chi connectivity index (χ1n) is 9.44. The van der Waals surface area contributed by atoms with E-state index in [0.717, 1.165) is 5.56 Å². The summed E-state index contributed by atoms with van der Waals surface area (Å²) in [6.45, 7) is 1.85. The van der Waals surface area contributed by atoms with Gasteiger partial charge in [0.25, 0.3) is 12.3 Å². The number of imide groups is 1. The molecule has 0 spiro atoms. The van der Waals surface area contributed by atoms with Gasteiger partial charge in [-0.05, 0) is 17.5 Å². The second-order valence-electron chi connectivity index (χ2n) is 7.43. The van der Waals surface area contributed by atoms with Gasteiger partial charge < -0.3 is 10.2 Å². The monoisotopic (exact) mass is 392 g/mol. The normalized spacial score (nSPS) is 26.0. The minimum atomic E-state index is -2.47. The number of benzene rings is 1. The van der Waals surface area contributed by atoms with Gasteiger partial charge in [0.15, 0.2) is 0 Å². The molecule has 1 aromatic carbocycles. The lowest BCUT2D eigenvalue weighted by Crippen LogP contribution is -2.54. The number of piperidine rings is 1. The summed E-state index contributed by atoms with van der Waals surface area (Å²) in [5, 5.41) is 5.26. The van der Waals surface area contributed by atoms with E-state index < -0.39 is 24.4 Å². The third-order valence-electron chi connectivity index (χ3n) is 5.70. The summed E-state index contributed by atoms with van der Waals surface area (Å²) in [5.74, 6) is -1.06. The van der Waals surface area contributed by atoms with E-state index in [1.54, 1.807) is 11.0 Å². The van der Waals surface area contributed by atoms with Crippen LogP contribution in [0.5, 0.6) is 0 Å². The number of carbonyl (C=O) groups is 3. The fourth-order valence-electron chi connectivity index (χ4n) is 4.25. The highest BCUT2D eigenvalue weighted by Gasteiger charge is 2.40. The Labute approximate surface area is 161 Å². The number of amides is 3. The average molecular weight is 392 g/mol. The van der Waals surface area contributed by atoms with Crippen molar-refractivity contribution in [3.63, 3.8) is 0 Å². The predicted octanol–water partition coefficient (Wildman–Crippen LogP) is 0.487. The van der Waals surface area contributed by atoms with Crippen molar-refractivity contribution in [3.05, 3.63) is 34.9 Å². The molecule has 0 aliphatic carbocycles. The molecule has 28 heavy (non-hydrogen) atoms. The van der Waals surface area contributed by atoms with Crippen LogP contribution < -0.4 is 10.6 Å². The van der Waals surface area contributed by atoms with E-state index in [0.29, 0.717) is 30.6 Å². The topological polar surface area (TPSA) is 81.8 Å². The fraction of sp³-hybridized carbons (Fsp3) is 0.526. The Balaban J connectivity index is 1.57. The molecule has 2 saturated heterocycles. The fourth-order valence-corrected chi connectivity index (χ4v) is 4.25. The predicted molar refractivity (Wildman–Crippen MR) is 95.6 cm³/mol. The van der Waals surface area contributed by atoms with Crippen LogP contribution in [0.15, 0.2) is 18.2 Å². The number of alkyl halides is 2. The molecule has 3 aliphatic heterocycles. The first-order valence-corrected chi connectivity index (χ1v) is 9.44. The van der Waals surface area contributed by atoms with E-state index in [1.165, 1.54) is 4.90 Å². The van der Waals surface area contributed by atoms with Crippen LogP contribution in [0, 0.1) is 0 Å². The zero-order chi connectivity index (χ0) is 19.8. The van der Waals surface area contributed by atoms with E-state index in [2.05, 4.69) is 10.6 Å². The van der Waals surface area contributed by atoms with Crippen LogP contribution in [0.3, 0.4) is 0 Å². The van der Waals surface area contributed by atoms with Crippen molar-refractivity contribution in [2.45, 2.75) is 44.4 Å². The Morgan fingerprint density at radius 2 is 2.04 bits per heavy atom. The quantitative estimate of drug-likeness (QED) is 0.729. The van der Waals surface area contributed by atoms with Gasteiger partial charge in [-0.3, -0.25) is 24.6 Å². The van der Waals surface area contributed by atoms with Gasteiger partial charge in [0, 0.05) is 44.7 Å². The van der Waals surface area contributed by atoms with E-state index in [-0.39, 0.29) is 37.9 Å². The Morgan fingerprint density at radius 3 is 2.79 bits per heavy atom. The molecule has 1 aromatic rings. The van der Waals surface area contributed by atoms with Crippen molar-refractivity contribution in [2.24, 2.45) is 0 Å². The molecule has 7 nitrogen and oxygen atoms in total. The first kappa shape index (κ1) is 18.9. The number of nitrogens with zero attached hydrogens (tertiary/aromatic N) is 2. The highest BCUT2D eigenvalue weighted by atomic mass is 19.3. The standard InChI is InChI=1S/C19H22F2N4O3/c20-17(21)14-8-22-6-7-24(14)9-11-2-1-3-12-10-25(19(28)16(11)12)13-4-5-15(26)23-18(13)27/h1-3,13-14,17,22H,4-10H2,(H,23,26,27). The molecular formula is C19H22F2N4O3. The largest absolute Gasteiger partial charge is 0.322 e. The maximum atomic E-state index is 13.4. The highest BCUT2D eigenvalue weighted by Crippen LogP contribution is 2.31. The molecule has 2 N–H and O–H groups in total. The van der Waals surface area contributed by atoms with Crippen LogP contribution in [0.25, 0.3) is 0 Å². The molecule has 3 amide bonds. The van der Waals surface area contributed by atoms with Crippen molar-refractivity contribution in [1.29, 1.82) is 0 Å². The molecular weight excluding hydrogens is 370 g/mol. The second kappa shape index (κ2) is 7.56. The second-order valence-corrected chi connectivity index (χ2v) is 7.43. The minimum absolute atomic E-state index is 0.195. The maximum Gasteiger partial charge on any atom is 0.255 e. The molecule has 2 atom stereocenters. The van der Waals surface area contributed by atoms with Gasteiger partial charge in [-0.15, -0.1) is 0 Å². The minimum Gasteiger partial charge on any atom is -0.322 e. The van der Waals surface area contributed by atoms with E-state index in [4.69, 9.17) is 0 Å². The molecule has 2 unspecified atom stereocenters. The van der Waals surface area contributed by atoms with Crippen LogP contribution in [-0.2, 0) is 22.7 Å². The van der Waals surface area contributed by atoms with E-state index in [1.807, 2.05) is 12.1 Å². The summed E-state index contributed by atoms with van der Waals surface area (Å²) in [6.07, 6.45) is -1.98. The third-order valence-corrected chi connectivity index (χ3v) is 5.70. The number of nitrogens with one attached hydrogen (secondary N) is 2. The zero-order valence-electron chi connectivity index (χ0n) is 15.3. The lowest BCUT2D eigenvalue weighted by molar-refractivity contribution is -0.136. The number of halogens is 2. The van der Waals surface area contributed by atoms with E-state index in [9.17, 15) is 23.2 Å². The van der Waals surface area contributed by atoms with Gasteiger partial charge >= 0.3 is 0 Å². The lowest BCUT2D eigenvalue weighted by Gasteiger charge is -2.36. The lowest BCUT2D eigenvalue weighted by atomic mass is 10.0. The van der Waals surface area contributed by atoms with Crippen LogP contribution in [0.1, 0.15) is 34.3 Å². The Bertz CT molecular complexity index is 816. The van der Waals surface area contributed by atoms with Crippen LogP contribution >= 0.6 is 0 Å². The molecule has 0 bridgehead atoms. The van der Waals surface area contributed by atoms with E-state index >= 15 is 0 Å². The Hall–Kier alpha value is -2.39. The van der Waals surface area contributed by atoms with Gasteiger partial charge in [0.1, 0.15) is 6.04 Å². The molecule has 3 aliphatic rings. The molecule has 150 valence electrons. The van der Waals surface area contributed by atoms with Crippen molar-refractivity contribution < 1.29 is 23.2 Å². The number of hydrogen-bond donors (Lipinski definition) is 2. The summed E-state index contributed by atoms with van der Waals surface area (Å²) in [6, 6.07) is 3.85. The van der Waals surface area contributed by atoms with Gasteiger partial charge in [0.2, 0.25) is 11.8 Å². The van der Waals surface area contributed by atoms with Gasteiger partial charge in [-0.25, -0.2) is 8.78 Å². The molecule has 0 radical (unpaired) electrons. The van der Waals surface area contributed by atoms with Crippen LogP contribution in [0.2, 0.25) is 0 Å². The van der Waals surface area contributed by atoms with Crippen molar-refractivity contribution in [3.8, 4) is 0 Å². The molecule has 0 saturated carbocycles.